The van der Waals surface area contributed by atoms with Crippen molar-refractivity contribution in [3.05, 3.63) is 0 Å². The van der Waals surface area contributed by atoms with Crippen LogP contribution < -0.4 is 5.73 Å². The van der Waals surface area contributed by atoms with Gasteiger partial charge in [0.1, 0.15) is 0 Å². The normalized spacial score (nSPS) is 35.6. The van der Waals surface area contributed by atoms with E-state index in [0.29, 0.717) is 24.3 Å². The molecule has 0 spiro atoms. The fraction of sp³-hybridized carbons (Fsp3) is 0.938. The molecule has 1 amide bonds. The molecule has 114 valence electrons. The Labute approximate surface area is 122 Å². The summed E-state index contributed by atoms with van der Waals surface area (Å²) in [7, 11) is 0. The van der Waals surface area contributed by atoms with E-state index in [0.717, 1.165) is 25.9 Å². The van der Waals surface area contributed by atoms with E-state index in [9.17, 15) is 4.79 Å². The monoisotopic (exact) mass is 279 g/mol. The first-order valence-electron chi connectivity index (χ1n) is 8.51. The molecule has 3 aliphatic rings. The van der Waals surface area contributed by atoms with Crippen molar-refractivity contribution in [3.63, 3.8) is 0 Å². The summed E-state index contributed by atoms with van der Waals surface area (Å²) < 4.78 is 0. The lowest BCUT2D eigenvalue weighted by Gasteiger charge is -2.30. The zero-order valence-corrected chi connectivity index (χ0v) is 12.6. The van der Waals surface area contributed by atoms with Gasteiger partial charge in [0.05, 0.1) is 0 Å². The van der Waals surface area contributed by atoms with E-state index >= 15 is 0 Å². The number of hydrogen-bond acceptors (Lipinski definition) is 3. The first kappa shape index (κ1) is 14.3. The van der Waals surface area contributed by atoms with Gasteiger partial charge in [-0.2, -0.15) is 0 Å². The Kier molecular flexibility index (Phi) is 4.61. The summed E-state index contributed by atoms with van der Waals surface area (Å²) in [4.78, 5) is 17.2. The van der Waals surface area contributed by atoms with Crippen LogP contribution in [0.3, 0.4) is 0 Å². The van der Waals surface area contributed by atoms with Crippen molar-refractivity contribution in [1.82, 2.24) is 9.80 Å². The number of likely N-dealkylation sites (tertiary alicyclic amines) is 2. The maximum absolute atomic E-state index is 12.5. The van der Waals surface area contributed by atoms with Crippen LogP contribution in [0.4, 0.5) is 0 Å². The highest BCUT2D eigenvalue weighted by molar-refractivity contribution is 5.76. The Hall–Kier alpha value is -0.610. The smallest absolute Gasteiger partial charge is 0.222 e. The lowest BCUT2D eigenvalue weighted by molar-refractivity contribution is -0.131. The molecule has 0 bridgehead atoms. The third-order valence-corrected chi connectivity index (χ3v) is 5.58. The van der Waals surface area contributed by atoms with Crippen LogP contribution in [0.2, 0.25) is 0 Å². The van der Waals surface area contributed by atoms with Gasteiger partial charge < -0.3 is 10.6 Å². The van der Waals surface area contributed by atoms with Crippen molar-refractivity contribution in [3.8, 4) is 0 Å². The van der Waals surface area contributed by atoms with E-state index in [4.69, 9.17) is 5.73 Å². The molecule has 3 fully saturated rings. The summed E-state index contributed by atoms with van der Waals surface area (Å²) in [6.07, 6.45) is 9.28. The molecular formula is C16H29N3O. The lowest BCUT2D eigenvalue weighted by atomic mass is 9.83. The average Bonchev–Trinajstić information content (AvgIpc) is 3.11. The number of rotatable bonds is 3. The van der Waals surface area contributed by atoms with Gasteiger partial charge >= 0.3 is 0 Å². The molecule has 2 saturated heterocycles. The van der Waals surface area contributed by atoms with E-state index in [1.807, 2.05) is 0 Å². The van der Waals surface area contributed by atoms with Crippen molar-refractivity contribution < 1.29 is 4.79 Å². The molecule has 4 nitrogen and oxygen atoms in total. The number of amides is 1. The molecule has 1 aliphatic carbocycles. The molecular weight excluding hydrogens is 250 g/mol. The molecule has 0 aromatic carbocycles. The molecule has 3 rings (SSSR count). The third-order valence-electron chi connectivity index (χ3n) is 5.58. The Balaban J connectivity index is 1.48. The van der Waals surface area contributed by atoms with Gasteiger partial charge in [-0.3, -0.25) is 9.69 Å². The van der Waals surface area contributed by atoms with Gasteiger partial charge in [0.25, 0.3) is 0 Å². The minimum atomic E-state index is 0.254. The van der Waals surface area contributed by atoms with E-state index in [1.165, 1.54) is 45.2 Å². The Bertz CT molecular complexity index is 341. The second-order valence-electron chi connectivity index (χ2n) is 6.94. The van der Waals surface area contributed by atoms with E-state index < -0.39 is 0 Å². The molecule has 2 N–H and O–H groups in total. The van der Waals surface area contributed by atoms with Gasteiger partial charge in [-0.25, -0.2) is 0 Å². The molecule has 0 aromatic heterocycles. The fourth-order valence-electron chi connectivity index (χ4n) is 4.22. The predicted octanol–water partition coefficient (Wildman–Crippen LogP) is 1.59. The second-order valence-corrected chi connectivity index (χ2v) is 6.94. The number of carbonyl (C=O) groups is 1. The first-order chi connectivity index (χ1) is 9.74. The summed E-state index contributed by atoms with van der Waals surface area (Å²) in [6, 6.07) is 0.881. The van der Waals surface area contributed by atoms with E-state index in [2.05, 4.69) is 9.80 Å². The minimum Gasteiger partial charge on any atom is -0.341 e. The average molecular weight is 279 g/mol. The highest BCUT2D eigenvalue weighted by atomic mass is 16.2. The van der Waals surface area contributed by atoms with Crippen LogP contribution in [-0.4, -0.2) is 54.0 Å². The number of nitrogens with two attached hydrogens (primary N) is 1. The highest BCUT2D eigenvalue weighted by Gasteiger charge is 2.33. The maximum Gasteiger partial charge on any atom is 0.222 e. The highest BCUT2D eigenvalue weighted by Crippen LogP contribution is 2.27. The van der Waals surface area contributed by atoms with Crippen LogP contribution >= 0.6 is 0 Å². The van der Waals surface area contributed by atoms with Crippen molar-refractivity contribution in [1.29, 1.82) is 0 Å². The van der Waals surface area contributed by atoms with Crippen LogP contribution in [0.15, 0.2) is 0 Å². The molecule has 20 heavy (non-hydrogen) atoms. The van der Waals surface area contributed by atoms with Gasteiger partial charge in [-0.1, -0.05) is 12.8 Å². The summed E-state index contributed by atoms with van der Waals surface area (Å²) in [6.45, 7) is 4.39. The van der Waals surface area contributed by atoms with E-state index in [-0.39, 0.29) is 6.04 Å². The standard InChI is InChI=1S/C16H29N3O/c17-15-6-2-1-5-13(15)11-16(20)19-10-7-14(12-19)18-8-3-4-9-18/h13-15H,1-12,17H2. The Morgan fingerprint density at radius 2 is 1.75 bits per heavy atom. The van der Waals surface area contributed by atoms with Crippen molar-refractivity contribution in [2.24, 2.45) is 11.7 Å². The molecule has 2 aliphatic heterocycles. The topological polar surface area (TPSA) is 49.6 Å². The molecule has 3 atom stereocenters. The largest absolute Gasteiger partial charge is 0.341 e. The van der Waals surface area contributed by atoms with Gasteiger partial charge in [0, 0.05) is 31.6 Å². The van der Waals surface area contributed by atoms with Crippen molar-refractivity contribution >= 4 is 5.91 Å². The SMILES string of the molecule is NC1CCCCC1CC(=O)N1CCC(N2CCCC2)C1. The van der Waals surface area contributed by atoms with Gasteiger partial charge in [-0.05, 0) is 51.1 Å². The predicted molar refractivity (Wildman–Crippen MR) is 80.3 cm³/mol. The molecule has 0 radical (unpaired) electrons. The zero-order chi connectivity index (χ0) is 13.9. The molecule has 0 aromatic rings. The summed E-state index contributed by atoms with van der Waals surface area (Å²) in [5.41, 5.74) is 6.17. The second kappa shape index (κ2) is 6.44. The van der Waals surface area contributed by atoms with E-state index in [1.54, 1.807) is 0 Å². The summed E-state index contributed by atoms with van der Waals surface area (Å²) in [5.74, 6) is 0.788. The summed E-state index contributed by atoms with van der Waals surface area (Å²) >= 11 is 0. The Morgan fingerprint density at radius 1 is 1.00 bits per heavy atom. The van der Waals surface area contributed by atoms with Gasteiger partial charge in [0.2, 0.25) is 5.91 Å². The minimum absolute atomic E-state index is 0.254. The zero-order valence-electron chi connectivity index (χ0n) is 12.6. The molecule has 3 unspecified atom stereocenters. The third kappa shape index (κ3) is 3.17. The van der Waals surface area contributed by atoms with Crippen LogP contribution in [-0.2, 0) is 4.79 Å². The van der Waals surface area contributed by atoms with Crippen molar-refractivity contribution in [2.75, 3.05) is 26.2 Å². The van der Waals surface area contributed by atoms with Crippen LogP contribution in [0.25, 0.3) is 0 Å². The van der Waals surface area contributed by atoms with Crippen LogP contribution in [0.5, 0.6) is 0 Å². The van der Waals surface area contributed by atoms with Crippen molar-refractivity contribution in [2.45, 2.75) is 63.5 Å². The number of hydrogen-bond donors (Lipinski definition) is 1. The molecule has 2 heterocycles. The Morgan fingerprint density at radius 3 is 2.50 bits per heavy atom. The summed E-state index contributed by atoms with van der Waals surface area (Å²) in [5, 5.41) is 0. The van der Waals surface area contributed by atoms with Gasteiger partial charge in [0.15, 0.2) is 0 Å². The number of carbonyl (C=O) groups excluding carboxylic acids is 1. The maximum atomic E-state index is 12.5. The lowest BCUT2D eigenvalue weighted by Crippen LogP contribution is -2.40. The molecule has 4 heteroatoms. The van der Waals surface area contributed by atoms with Crippen LogP contribution in [0.1, 0.15) is 51.4 Å². The van der Waals surface area contributed by atoms with Gasteiger partial charge in [-0.15, -0.1) is 0 Å². The van der Waals surface area contributed by atoms with Crippen LogP contribution in [0, 0.1) is 5.92 Å². The quantitative estimate of drug-likeness (QED) is 0.853. The first-order valence-corrected chi connectivity index (χ1v) is 8.51. The molecule has 1 saturated carbocycles. The fourth-order valence-corrected chi connectivity index (χ4v) is 4.22. The number of nitrogens with zero attached hydrogens (tertiary/aromatic N) is 2.